The van der Waals surface area contributed by atoms with Gasteiger partial charge >= 0.3 is 0 Å². The molecule has 3 rings (SSSR count). The summed E-state index contributed by atoms with van der Waals surface area (Å²) < 4.78 is 39.4. The molecule has 1 aromatic heterocycles. The van der Waals surface area contributed by atoms with Crippen LogP contribution in [0.5, 0.6) is 0 Å². The number of hydrogen-bond acceptors (Lipinski definition) is 4. The maximum Gasteiger partial charge on any atom is 0.210 e. The molecule has 1 N–H and O–H groups in total. The van der Waals surface area contributed by atoms with Crippen LogP contribution in [0.2, 0.25) is 0 Å². The second-order valence-corrected chi connectivity index (χ2v) is 8.57. The van der Waals surface area contributed by atoms with Crippen LogP contribution in [0.1, 0.15) is 22.4 Å². The molecule has 4 nitrogen and oxygen atoms in total. The van der Waals surface area contributed by atoms with Gasteiger partial charge in [-0.15, -0.1) is 0 Å². The van der Waals surface area contributed by atoms with Crippen LogP contribution >= 0.6 is 0 Å². The number of rotatable bonds is 4. The van der Waals surface area contributed by atoms with Crippen LogP contribution in [0.3, 0.4) is 0 Å². The lowest BCUT2D eigenvalue weighted by molar-refractivity contribution is 0.594. The Morgan fingerprint density at radius 1 is 0.889 bits per heavy atom. The van der Waals surface area contributed by atoms with Crippen molar-refractivity contribution in [2.24, 2.45) is 0 Å². The number of benzene rings is 2. The number of nitrogens with one attached hydrogen (secondary N) is 1. The number of aryl methyl sites for hydroxylation is 4. The normalized spacial score (nSPS) is 11.4. The molecule has 0 aliphatic heterocycles. The standard InChI is InChI=1S/C21H21FN2O2S/c1-13-11-14(2)20(15(3)12-13)24-21-19(10-5-16(4)23-21)27(25,26)18-8-6-17(22)7-9-18/h5-12H,1-4H3,(H,23,24). The molecular formula is C21H21FN2O2S. The van der Waals surface area contributed by atoms with Crippen LogP contribution in [0.4, 0.5) is 15.9 Å². The number of nitrogens with zero attached hydrogens (tertiary/aromatic N) is 1. The molecule has 0 saturated carbocycles. The van der Waals surface area contributed by atoms with E-state index in [4.69, 9.17) is 0 Å². The van der Waals surface area contributed by atoms with Gasteiger partial charge in [0, 0.05) is 11.4 Å². The van der Waals surface area contributed by atoms with Crippen molar-refractivity contribution in [1.29, 1.82) is 0 Å². The molecule has 0 bridgehead atoms. The largest absolute Gasteiger partial charge is 0.339 e. The maximum absolute atomic E-state index is 13.2. The van der Waals surface area contributed by atoms with Crippen molar-refractivity contribution in [3.63, 3.8) is 0 Å². The highest BCUT2D eigenvalue weighted by Crippen LogP contribution is 2.31. The van der Waals surface area contributed by atoms with Crippen molar-refractivity contribution in [2.75, 3.05) is 5.32 Å². The summed E-state index contributed by atoms with van der Waals surface area (Å²) >= 11 is 0. The Kier molecular flexibility index (Phi) is 5.02. The van der Waals surface area contributed by atoms with Gasteiger partial charge in [-0.2, -0.15) is 0 Å². The van der Waals surface area contributed by atoms with Crippen LogP contribution in [0, 0.1) is 33.5 Å². The molecule has 2 aromatic carbocycles. The molecule has 0 fully saturated rings. The molecule has 0 aliphatic carbocycles. The second kappa shape index (κ2) is 7.12. The third-order valence-corrected chi connectivity index (χ3v) is 6.13. The Balaban J connectivity index is 2.13. The van der Waals surface area contributed by atoms with Gasteiger partial charge in [-0.05, 0) is 75.2 Å². The quantitative estimate of drug-likeness (QED) is 0.641. The summed E-state index contributed by atoms with van der Waals surface area (Å²) in [5, 5.41) is 3.20. The Morgan fingerprint density at radius 2 is 1.48 bits per heavy atom. The Bertz CT molecular complexity index is 1080. The molecule has 0 spiro atoms. The van der Waals surface area contributed by atoms with E-state index in [1.54, 1.807) is 13.0 Å². The van der Waals surface area contributed by atoms with Crippen molar-refractivity contribution in [1.82, 2.24) is 4.98 Å². The van der Waals surface area contributed by atoms with Gasteiger partial charge in [0.25, 0.3) is 0 Å². The summed E-state index contributed by atoms with van der Waals surface area (Å²) in [5.74, 6) is -0.227. The summed E-state index contributed by atoms with van der Waals surface area (Å²) in [5.41, 5.74) is 4.65. The van der Waals surface area contributed by atoms with Gasteiger partial charge in [0.1, 0.15) is 16.5 Å². The lowest BCUT2D eigenvalue weighted by Crippen LogP contribution is -2.09. The van der Waals surface area contributed by atoms with Gasteiger partial charge in [0.2, 0.25) is 9.84 Å². The van der Waals surface area contributed by atoms with Gasteiger partial charge in [0.15, 0.2) is 0 Å². The highest BCUT2D eigenvalue weighted by Gasteiger charge is 2.23. The van der Waals surface area contributed by atoms with Crippen molar-refractivity contribution in [3.05, 3.63) is 76.7 Å². The monoisotopic (exact) mass is 384 g/mol. The van der Waals surface area contributed by atoms with E-state index in [0.717, 1.165) is 34.5 Å². The van der Waals surface area contributed by atoms with Gasteiger partial charge < -0.3 is 5.32 Å². The first-order valence-corrected chi connectivity index (χ1v) is 10.00. The van der Waals surface area contributed by atoms with E-state index in [9.17, 15) is 12.8 Å². The Morgan fingerprint density at radius 3 is 2.07 bits per heavy atom. The number of halogens is 1. The minimum absolute atomic E-state index is 0.0231. The molecule has 0 aliphatic rings. The summed E-state index contributed by atoms with van der Waals surface area (Å²) in [6.45, 7) is 7.74. The predicted octanol–water partition coefficient (Wildman–Crippen LogP) is 5.03. The molecular weight excluding hydrogens is 363 g/mol. The fourth-order valence-corrected chi connectivity index (χ4v) is 4.43. The average molecular weight is 384 g/mol. The van der Waals surface area contributed by atoms with E-state index >= 15 is 0 Å². The first kappa shape index (κ1) is 19.0. The fraction of sp³-hybridized carbons (Fsp3) is 0.190. The summed E-state index contributed by atoms with van der Waals surface area (Å²) in [6, 6.07) is 12.0. The van der Waals surface area contributed by atoms with Crippen molar-refractivity contribution < 1.29 is 12.8 Å². The van der Waals surface area contributed by atoms with E-state index in [-0.39, 0.29) is 15.6 Å². The molecule has 0 saturated heterocycles. The topological polar surface area (TPSA) is 59.1 Å². The van der Waals surface area contributed by atoms with E-state index in [0.29, 0.717) is 5.69 Å². The Hall–Kier alpha value is -2.73. The van der Waals surface area contributed by atoms with Crippen molar-refractivity contribution >= 4 is 21.3 Å². The zero-order valence-electron chi connectivity index (χ0n) is 15.7. The van der Waals surface area contributed by atoms with Gasteiger partial charge in [-0.1, -0.05) is 17.7 Å². The molecule has 0 amide bonds. The molecule has 3 aromatic rings. The zero-order chi connectivity index (χ0) is 19.8. The highest BCUT2D eigenvalue weighted by atomic mass is 32.2. The highest BCUT2D eigenvalue weighted by molar-refractivity contribution is 7.91. The lowest BCUT2D eigenvalue weighted by atomic mass is 10.1. The third kappa shape index (κ3) is 3.85. The van der Waals surface area contributed by atoms with Crippen molar-refractivity contribution in [3.8, 4) is 0 Å². The predicted molar refractivity (Wildman–Crippen MR) is 105 cm³/mol. The van der Waals surface area contributed by atoms with Crippen LogP contribution in [-0.4, -0.2) is 13.4 Å². The van der Waals surface area contributed by atoms with E-state index < -0.39 is 15.7 Å². The number of hydrogen-bond donors (Lipinski definition) is 1. The molecule has 0 unspecified atom stereocenters. The second-order valence-electron chi connectivity index (χ2n) is 6.66. The number of sulfone groups is 1. The maximum atomic E-state index is 13.2. The molecule has 0 radical (unpaired) electrons. The molecule has 1 heterocycles. The minimum atomic E-state index is -3.85. The van der Waals surface area contributed by atoms with Crippen LogP contribution in [0.25, 0.3) is 0 Å². The summed E-state index contributed by atoms with van der Waals surface area (Å²) in [4.78, 5) is 4.50. The van der Waals surface area contributed by atoms with Crippen LogP contribution < -0.4 is 5.32 Å². The van der Waals surface area contributed by atoms with Crippen molar-refractivity contribution in [2.45, 2.75) is 37.5 Å². The van der Waals surface area contributed by atoms with Gasteiger partial charge in [0.05, 0.1) is 4.90 Å². The minimum Gasteiger partial charge on any atom is -0.339 e. The van der Waals surface area contributed by atoms with E-state index in [1.165, 1.54) is 18.2 Å². The number of aromatic nitrogens is 1. The molecule has 140 valence electrons. The Labute approximate surface area is 159 Å². The van der Waals surface area contributed by atoms with Gasteiger partial charge in [-0.3, -0.25) is 0 Å². The van der Waals surface area contributed by atoms with E-state index in [1.807, 2.05) is 32.9 Å². The number of anilines is 2. The summed E-state index contributed by atoms with van der Waals surface area (Å²) in [7, 11) is -3.85. The first-order valence-electron chi connectivity index (χ1n) is 8.51. The smallest absolute Gasteiger partial charge is 0.210 e. The average Bonchev–Trinajstić information content (AvgIpc) is 2.58. The lowest BCUT2D eigenvalue weighted by Gasteiger charge is -2.16. The fourth-order valence-electron chi connectivity index (χ4n) is 3.09. The van der Waals surface area contributed by atoms with Gasteiger partial charge in [-0.25, -0.2) is 17.8 Å². The summed E-state index contributed by atoms with van der Waals surface area (Å²) in [6.07, 6.45) is 0. The molecule has 6 heteroatoms. The first-order chi connectivity index (χ1) is 12.7. The van der Waals surface area contributed by atoms with Crippen LogP contribution in [0.15, 0.2) is 58.3 Å². The zero-order valence-corrected chi connectivity index (χ0v) is 16.5. The van der Waals surface area contributed by atoms with Crippen LogP contribution in [-0.2, 0) is 9.84 Å². The third-order valence-electron chi connectivity index (χ3n) is 4.33. The van der Waals surface area contributed by atoms with E-state index in [2.05, 4.69) is 10.3 Å². The molecule has 27 heavy (non-hydrogen) atoms. The number of pyridine rings is 1. The molecule has 0 atom stereocenters. The SMILES string of the molecule is Cc1cc(C)c(Nc2nc(C)ccc2S(=O)(=O)c2ccc(F)cc2)c(C)c1.